The maximum Gasteiger partial charge on any atom is 0.305 e. The molecule has 1 aliphatic heterocycles. The first-order valence-electron chi connectivity index (χ1n) is 5.62. The van der Waals surface area contributed by atoms with Crippen LogP contribution in [-0.2, 0) is 10.0 Å². The Morgan fingerprint density at radius 3 is 2.70 bits per heavy atom. The largest absolute Gasteiger partial charge is 0.459 e. The van der Waals surface area contributed by atoms with Crippen LogP contribution in [0.25, 0.3) is 0 Å². The molecule has 0 aliphatic carbocycles. The van der Waals surface area contributed by atoms with E-state index < -0.39 is 15.9 Å². The molecule has 20 heavy (non-hydrogen) atoms. The lowest BCUT2D eigenvalue weighted by Gasteiger charge is -2.06. The minimum atomic E-state index is -3.71. The molecule has 0 bridgehead atoms. The standard InChI is InChI=1S/C12H9N3O4S/c16-12(9-5-3-7-19-9)14-13-11-8-4-1-2-6-10(8)20(17,18)15-11/h1-7H,(H,13,15)(H,14,16). The van der Waals surface area contributed by atoms with Crippen LogP contribution in [0.15, 0.2) is 56.4 Å². The number of hydrogen-bond donors (Lipinski definition) is 2. The Hall–Kier alpha value is -2.61. The van der Waals surface area contributed by atoms with E-state index in [0.717, 1.165) is 0 Å². The summed E-state index contributed by atoms with van der Waals surface area (Å²) in [6, 6.07) is 9.41. The topological polar surface area (TPSA) is 101 Å². The molecule has 3 rings (SSSR count). The van der Waals surface area contributed by atoms with Crippen molar-refractivity contribution in [1.82, 2.24) is 10.9 Å². The number of carbonyl (C=O) groups excluding carboxylic acids is 1. The smallest absolute Gasteiger partial charge is 0.305 e. The highest BCUT2D eigenvalue weighted by Crippen LogP contribution is 2.24. The molecule has 0 fully saturated rings. The highest BCUT2D eigenvalue weighted by molar-refractivity contribution is 7.90. The zero-order chi connectivity index (χ0) is 14.2. The molecule has 102 valence electrons. The molecule has 0 unspecified atom stereocenters. The molecule has 2 N–H and O–H groups in total. The van der Waals surface area contributed by atoms with Gasteiger partial charge in [0.1, 0.15) is 4.90 Å². The number of hydrazine groups is 1. The van der Waals surface area contributed by atoms with Crippen molar-refractivity contribution in [1.29, 1.82) is 0 Å². The van der Waals surface area contributed by atoms with Crippen molar-refractivity contribution in [2.24, 2.45) is 4.40 Å². The van der Waals surface area contributed by atoms with Gasteiger partial charge in [0.25, 0.3) is 10.0 Å². The lowest BCUT2D eigenvalue weighted by atomic mass is 10.2. The van der Waals surface area contributed by atoms with Gasteiger partial charge in [0.05, 0.1) is 6.26 Å². The normalized spacial score (nSPS) is 15.3. The highest BCUT2D eigenvalue weighted by Gasteiger charge is 2.28. The number of amides is 1. The number of benzene rings is 1. The van der Waals surface area contributed by atoms with Crippen molar-refractivity contribution in [3.8, 4) is 0 Å². The molecule has 0 radical (unpaired) electrons. The Kier molecular flexibility index (Phi) is 2.79. The van der Waals surface area contributed by atoms with Gasteiger partial charge in [0, 0.05) is 5.56 Å². The minimum absolute atomic E-state index is 0.0699. The van der Waals surface area contributed by atoms with Crippen LogP contribution in [-0.4, -0.2) is 20.2 Å². The van der Waals surface area contributed by atoms with Gasteiger partial charge in [-0.1, -0.05) is 12.1 Å². The van der Waals surface area contributed by atoms with Gasteiger partial charge in [-0.15, -0.1) is 4.40 Å². The summed E-state index contributed by atoms with van der Waals surface area (Å²) in [4.78, 5) is 11.8. The molecule has 2 aromatic rings. The second-order valence-corrected chi connectivity index (χ2v) is 5.54. The van der Waals surface area contributed by atoms with E-state index in [0.29, 0.717) is 5.56 Å². The molecular formula is C12H9N3O4S. The summed E-state index contributed by atoms with van der Waals surface area (Å²) in [6.07, 6.45) is 1.36. The van der Waals surface area contributed by atoms with Crippen molar-refractivity contribution >= 4 is 21.8 Å². The summed E-state index contributed by atoms with van der Waals surface area (Å²) >= 11 is 0. The molecule has 1 aromatic heterocycles. The van der Waals surface area contributed by atoms with E-state index in [1.807, 2.05) is 0 Å². The third-order valence-electron chi connectivity index (χ3n) is 2.67. The number of nitrogens with one attached hydrogen (secondary N) is 2. The van der Waals surface area contributed by atoms with Gasteiger partial charge in [0.15, 0.2) is 11.6 Å². The summed E-state index contributed by atoms with van der Waals surface area (Å²) in [7, 11) is -3.71. The molecule has 1 aliphatic rings. The third-order valence-corrected chi connectivity index (χ3v) is 4.01. The second kappa shape index (κ2) is 4.49. The number of hydrogen-bond acceptors (Lipinski definition) is 5. The zero-order valence-electron chi connectivity index (χ0n) is 10.0. The number of nitrogens with zero attached hydrogens (tertiary/aromatic N) is 1. The Balaban J connectivity index is 1.81. The summed E-state index contributed by atoms with van der Waals surface area (Å²) in [5.41, 5.74) is 5.23. The van der Waals surface area contributed by atoms with Crippen LogP contribution >= 0.6 is 0 Å². The molecule has 0 atom stereocenters. The molecule has 0 spiro atoms. The molecule has 7 nitrogen and oxygen atoms in total. The van der Waals surface area contributed by atoms with E-state index in [-0.39, 0.29) is 16.5 Å². The molecular weight excluding hydrogens is 282 g/mol. The number of amidine groups is 1. The van der Waals surface area contributed by atoms with E-state index >= 15 is 0 Å². The maximum absolute atomic E-state index is 11.8. The van der Waals surface area contributed by atoms with E-state index in [1.54, 1.807) is 24.3 Å². The maximum atomic E-state index is 11.8. The number of fused-ring (bicyclic) bond motifs is 1. The summed E-state index contributed by atoms with van der Waals surface area (Å²) in [6.45, 7) is 0. The lowest BCUT2D eigenvalue weighted by molar-refractivity contribution is 0.0916. The van der Waals surface area contributed by atoms with E-state index in [4.69, 9.17) is 4.42 Å². The van der Waals surface area contributed by atoms with Gasteiger partial charge < -0.3 is 4.42 Å². The Labute approximate surface area is 114 Å². The van der Waals surface area contributed by atoms with Crippen LogP contribution in [0, 0.1) is 0 Å². The summed E-state index contributed by atoms with van der Waals surface area (Å²) < 4.78 is 32.0. The fourth-order valence-corrected chi connectivity index (χ4v) is 2.96. The Morgan fingerprint density at radius 2 is 1.95 bits per heavy atom. The fraction of sp³-hybridized carbons (Fsp3) is 0. The molecule has 8 heteroatoms. The average molecular weight is 291 g/mol. The molecule has 0 saturated carbocycles. The van der Waals surface area contributed by atoms with Crippen molar-refractivity contribution < 1.29 is 17.6 Å². The quantitative estimate of drug-likeness (QED) is 0.752. The molecule has 0 saturated heterocycles. The summed E-state index contributed by atoms with van der Waals surface area (Å²) in [5, 5.41) is 0. The van der Waals surface area contributed by atoms with Crippen molar-refractivity contribution in [3.63, 3.8) is 0 Å². The minimum Gasteiger partial charge on any atom is -0.459 e. The monoisotopic (exact) mass is 291 g/mol. The van der Waals surface area contributed by atoms with Crippen molar-refractivity contribution in [2.75, 3.05) is 0 Å². The van der Waals surface area contributed by atoms with E-state index in [2.05, 4.69) is 15.2 Å². The summed E-state index contributed by atoms with van der Waals surface area (Å²) in [5.74, 6) is -0.354. The lowest BCUT2D eigenvalue weighted by Crippen LogP contribution is -2.41. The van der Waals surface area contributed by atoms with Crippen LogP contribution < -0.4 is 10.9 Å². The average Bonchev–Trinajstić information content (AvgIpc) is 3.04. The second-order valence-electron chi connectivity index (χ2n) is 3.97. The Bertz CT molecular complexity index is 794. The predicted octanol–water partition coefficient (Wildman–Crippen LogP) is 0.663. The zero-order valence-corrected chi connectivity index (χ0v) is 10.8. The van der Waals surface area contributed by atoms with E-state index in [1.165, 1.54) is 18.4 Å². The highest BCUT2D eigenvalue weighted by atomic mass is 32.2. The van der Waals surface area contributed by atoms with Gasteiger partial charge in [-0.05, 0) is 24.3 Å². The fourth-order valence-electron chi connectivity index (χ4n) is 1.78. The van der Waals surface area contributed by atoms with Gasteiger partial charge in [-0.2, -0.15) is 8.42 Å². The van der Waals surface area contributed by atoms with Crippen LogP contribution in [0.1, 0.15) is 16.1 Å². The van der Waals surface area contributed by atoms with Crippen LogP contribution in [0.3, 0.4) is 0 Å². The van der Waals surface area contributed by atoms with Gasteiger partial charge in [-0.25, -0.2) is 0 Å². The van der Waals surface area contributed by atoms with Gasteiger partial charge in [0.2, 0.25) is 0 Å². The third kappa shape index (κ3) is 2.05. The predicted molar refractivity (Wildman–Crippen MR) is 69.5 cm³/mol. The van der Waals surface area contributed by atoms with Gasteiger partial charge in [-0.3, -0.25) is 15.6 Å². The molecule has 2 heterocycles. The molecule has 1 aromatic carbocycles. The van der Waals surface area contributed by atoms with Crippen LogP contribution in [0.2, 0.25) is 0 Å². The number of rotatable bonds is 1. The van der Waals surface area contributed by atoms with Crippen molar-refractivity contribution in [2.45, 2.75) is 4.90 Å². The van der Waals surface area contributed by atoms with Gasteiger partial charge >= 0.3 is 5.91 Å². The first-order chi connectivity index (χ1) is 9.58. The van der Waals surface area contributed by atoms with Crippen LogP contribution in [0.4, 0.5) is 0 Å². The Morgan fingerprint density at radius 1 is 1.15 bits per heavy atom. The first-order valence-corrected chi connectivity index (χ1v) is 7.06. The van der Waals surface area contributed by atoms with E-state index in [9.17, 15) is 13.2 Å². The number of furan rings is 1. The number of carbonyl (C=O) groups is 1. The number of sulfonamides is 1. The van der Waals surface area contributed by atoms with Crippen LogP contribution in [0.5, 0.6) is 0 Å². The SMILES string of the molecule is O=C(NNC1=NS(=O)(=O)c2ccccc21)c1ccco1. The molecule has 1 amide bonds. The first kappa shape index (κ1) is 12.4. The van der Waals surface area contributed by atoms with Crippen molar-refractivity contribution in [3.05, 3.63) is 54.0 Å².